The Morgan fingerprint density at radius 2 is 2.00 bits per heavy atom. The number of rotatable bonds is 5. The van der Waals surface area contributed by atoms with Gasteiger partial charge in [0.2, 0.25) is 0 Å². The van der Waals surface area contributed by atoms with Crippen molar-refractivity contribution in [1.82, 2.24) is 4.90 Å². The molecule has 2 fully saturated rings. The van der Waals surface area contributed by atoms with Crippen molar-refractivity contribution in [3.63, 3.8) is 0 Å². The highest BCUT2D eigenvalue weighted by atomic mass is 16.1. The van der Waals surface area contributed by atoms with Gasteiger partial charge in [-0.2, -0.15) is 0 Å². The molecule has 0 aromatic rings. The van der Waals surface area contributed by atoms with Crippen molar-refractivity contribution in [3.05, 3.63) is 0 Å². The highest BCUT2D eigenvalue weighted by Crippen LogP contribution is 2.37. The number of nitrogens with zero attached hydrogens (tertiary/aromatic N) is 1. The van der Waals surface area contributed by atoms with Crippen LogP contribution in [0.15, 0.2) is 0 Å². The summed E-state index contributed by atoms with van der Waals surface area (Å²) >= 11 is 0. The van der Waals surface area contributed by atoms with E-state index in [4.69, 9.17) is 0 Å². The van der Waals surface area contributed by atoms with Gasteiger partial charge in [0.05, 0.1) is 6.04 Å². The lowest BCUT2D eigenvalue weighted by Gasteiger charge is -2.40. The van der Waals surface area contributed by atoms with Crippen LogP contribution in [0.3, 0.4) is 0 Å². The highest BCUT2D eigenvalue weighted by Gasteiger charge is 2.41. The number of carbonyl (C=O) groups is 1. The Morgan fingerprint density at radius 1 is 1.18 bits per heavy atom. The maximum Gasteiger partial charge on any atom is 0.149 e. The number of hydrogen-bond donors (Lipinski definition) is 0. The minimum Gasteiger partial charge on any atom is -0.298 e. The molecular weight excluding hydrogens is 210 g/mol. The van der Waals surface area contributed by atoms with Gasteiger partial charge in [0.1, 0.15) is 5.78 Å². The highest BCUT2D eigenvalue weighted by molar-refractivity contribution is 5.83. The summed E-state index contributed by atoms with van der Waals surface area (Å²) in [5.41, 5.74) is 0. The summed E-state index contributed by atoms with van der Waals surface area (Å²) in [6.07, 6.45) is 11.0. The number of fused-ring (bicyclic) bond motifs is 1. The molecule has 2 aliphatic heterocycles. The molecule has 0 N–H and O–H groups in total. The van der Waals surface area contributed by atoms with E-state index in [0.717, 1.165) is 12.5 Å². The Bertz CT molecular complexity index is 264. The van der Waals surface area contributed by atoms with E-state index in [0.29, 0.717) is 18.2 Å². The van der Waals surface area contributed by atoms with Crippen LogP contribution in [0.2, 0.25) is 0 Å². The maximum atomic E-state index is 12.1. The van der Waals surface area contributed by atoms with Crippen LogP contribution in [0.25, 0.3) is 0 Å². The molecule has 98 valence electrons. The first-order chi connectivity index (χ1) is 8.27. The van der Waals surface area contributed by atoms with Gasteiger partial charge >= 0.3 is 0 Å². The van der Waals surface area contributed by atoms with Crippen LogP contribution in [0.5, 0.6) is 0 Å². The summed E-state index contributed by atoms with van der Waals surface area (Å²) in [5, 5.41) is 0. The summed E-state index contributed by atoms with van der Waals surface area (Å²) in [4.78, 5) is 14.7. The van der Waals surface area contributed by atoms with Gasteiger partial charge in [0, 0.05) is 18.5 Å². The average Bonchev–Trinajstić information content (AvgIpc) is 2.78. The second-order valence-corrected chi connectivity index (χ2v) is 5.74. The summed E-state index contributed by atoms with van der Waals surface area (Å²) < 4.78 is 0. The number of carbonyl (C=O) groups excluding carboxylic acids is 1. The van der Waals surface area contributed by atoms with Crippen molar-refractivity contribution in [1.29, 1.82) is 0 Å². The number of hydrogen-bond acceptors (Lipinski definition) is 2. The largest absolute Gasteiger partial charge is 0.298 e. The Kier molecular flexibility index (Phi) is 4.61. The normalized spacial score (nSPS) is 33.6. The van der Waals surface area contributed by atoms with E-state index in [-0.39, 0.29) is 6.04 Å². The smallest absolute Gasteiger partial charge is 0.149 e. The first-order valence-electron chi connectivity index (χ1n) is 7.58. The number of unbranched alkanes of at least 4 members (excludes halogenated alkanes) is 1. The van der Waals surface area contributed by atoms with Crippen LogP contribution < -0.4 is 0 Å². The zero-order valence-electron chi connectivity index (χ0n) is 11.5. The van der Waals surface area contributed by atoms with Gasteiger partial charge in [-0.15, -0.1) is 0 Å². The molecule has 2 nitrogen and oxygen atoms in total. The average molecular weight is 237 g/mol. The van der Waals surface area contributed by atoms with Gasteiger partial charge < -0.3 is 0 Å². The first kappa shape index (κ1) is 13.1. The Hall–Kier alpha value is -0.370. The molecule has 0 aliphatic carbocycles. The molecule has 2 heterocycles. The lowest BCUT2D eigenvalue weighted by molar-refractivity contribution is -0.126. The molecular formula is C15H27NO. The van der Waals surface area contributed by atoms with Crippen molar-refractivity contribution in [2.75, 3.05) is 0 Å². The third kappa shape index (κ3) is 2.73. The molecule has 0 bridgehead atoms. The van der Waals surface area contributed by atoms with Crippen molar-refractivity contribution in [2.45, 2.75) is 89.8 Å². The quantitative estimate of drug-likeness (QED) is 0.729. The van der Waals surface area contributed by atoms with Gasteiger partial charge in [-0.3, -0.25) is 9.69 Å². The van der Waals surface area contributed by atoms with E-state index in [1.807, 2.05) is 6.92 Å². The zero-order valence-corrected chi connectivity index (χ0v) is 11.5. The van der Waals surface area contributed by atoms with Gasteiger partial charge in [-0.25, -0.2) is 0 Å². The molecule has 17 heavy (non-hydrogen) atoms. The summed E-state index contributed by atoms with van der Waals surface area (Å²) in [5.74, 6) is 0.484. The third-order valence-electron chi connectivity index (χ3n) is 4.66. The molecule has 2 aliphatic rings. The molecule has 3 atom stereocenters. The summed E-state index contributed by atoms with van der Waals surface area (Å²) in [6.45, 7) is 4.28. The minimum atomic E-state index is 0.267. The molecule has 0 aromatic heterocycles. The fourth-order valence-electron chi connectivity index (χ4n) is 3.78. The molecule has 0 spiro atoms. The van der Waals surface area contributed by atoms with Crippen molar-refractivity contribution in [2.24, 2.45) is 0 Å². The number of Topliss-reactive ketones (excluding diaryl/α,β-unsaturated/α-hetero) is 1. The Morgan fingerprint density at radius 3 is 2.71 bits per heavy atom. The predicted octanol–water partition coefficient (Wildman–Crippen LogP) is 3.54. The van der Waals surface area contributed by atoms with E-state index in [2.05, 4.69) is 11.8 Å². The van der Waals surface area contributed by atoms with Gasteiger partial charge in [-0.1, -0.05) is 26.7 Å². The van der Waals surface area contributed by atoms with E-state index in [1.165, 1.54) is 44.9 Å². The van der Waals surface area contributed by atoms with Crippen LogP contribution >= 0.6 is 0 Å². The van der Waals surface area contributed by atoms with Crippen molar-refractivity contribution >= 4 is 5.78 Å². The fraction of sp³-hybridized carbons (Fsp3) is 0.933. The molecule has 0 saturated carbocycles. The lowest BCUT2D eigenvalue weighted by Crippen LogP contribution is -2.50. The fourth-order valence-corrected chi connectivity index (χ4v) is 3.78. The van der Waals surface area contributed by atoms with E-state index >= 15 is 0 Å². The zero-order chi connectivity index (χ0) is 12.3. The molecule has 0 radical (unpaired) electrons. The predicted molar refractivity (Wildman–Crippen MR) is 71.1 cm³/mol. The Balaban J connectivity index is 2.04. The van der Waals surface area contributed by atoms with Crippen molar-refractivity contribution < 1.29 is 4.79 Å². The topological polar surface area (TPSA) is 20.3 Å². The minimum absolute atomic E-state index is 0.267. The van der Waals surface area contributed by atoms with E-state index in [1.54, 1.807) is 0 Å². The van der Waals surface area contributed by atoms with Crippen LogP contribution in [-0.2, 0) is 4.79 Å². The first-order valence-corrected chi connectivity index (χ1v) is 7.58. The lowest BCUT2D eigenvalue weighted by atomic mass is 9.92. The second kappa shape index (κ2) is 5.99. The van der Waals surface area contributed by atoms with Crippen molar-refractivity contribution in [3.8, 4) is 0 Å². The van der Waals surface area contributed by atoms with Gasteiger partial charge in [-0.05, 0) is 38.5 Å². The van der Waals surface area contributed by atoms with Crippen LogP contribution in [0.4, 0.5) is 0 Å². The number of piperidine rings is 1. The van der Waals surface area contributed by atoms with Crippen LogP contribution in [0.1, 0.15) is 71.6 Å². The van der Waals surface area contributed by atoms with Crippen LogP contribution in [-0.4, -0.2) is 28.8 Å². The summed E-state index contributed by atoms with van der Waals surface area (Å²) in [6, 6.07) is 1.70. The Labute approximate surface area is 106 Å². The van der Waals surface area contributed by atoms with E-state index in [9.17, 15) is 4.79 Å². The third-order valence-corrected chi connectivity index (χ3v) is 4.66. The molecule has 2 heteroatoms. The SMILES string of the molecule is CCCC[C@H]1CC[C@@H]2CCC[C@@H](C(=O)CC)N12. The molecule has 0 amide bonds. The maximum absolute atomic E-state index is 12.1. The van der Waals surface area contributed by atoms with E-state index < -0.39 is 0 Å². The summed E-state index contributed by atoms with van der Waals surface area (Å²) in [7, 11) is 0. The molecule has 2 rings (SSSR count). The van der Waals surface area contributed by atoms with Crippen LogP contribution in [0, 0.1) is 0 Å². The second-order valence-electron chi connectivity index (χ2n) is 5.74. The monoisotopic (exact) mass is 237 g/mol. The standard InChI is InChI=1S/C15H27NO/c1-3-5-7-12-10-11-13-8-6-9-14(16(12)13)15(17)4-2/h12-14H,3-11H2,1-2H3/t12-,13-,14-/m0/s1. The van der Waals surface area contributed by atoms with Gasteiger partial charge in [0.25, 0.3) is 0 Å². The molecule has 0 unspecified atom stereocenters. The molecule has 2 saturated heterocycles. The molecule has 0 aromatic carbocycles. The number of ketones is 1. The van der Waals surface area contributed by atoms with Gasteiger partial charge in [0.15, 0.2) is 0 Å².